The molecule has 5 heteroatoms. The fraction of sp³-hybridized carbons (Fsp3) is 0.0750. The third-order valence-electron chi connectivity index (χ3n) is 9.16. The molecule has 1 aliphatic rings. The van der Waals surface area contributed by atoms with Crippen molar-refractivity contribution in [2.24, 2.45) is 0 Å². The Morgan fingerprint density at radius 2 is 1.20 bits per heavy atom. The lowest BCUT2D eigenvalue weighted by molar-refractivity contribution is 0.646. The zero-order valence-corrected chi connectivity index (χ0v) is 25.0. The fourth-order valence-corrected chi connectivity index (χ4v) is 7.25. The topological polar surface area (TPSA) is 48.5 Å². The lowest BCUT2D eigenvalue weighted by Gasteiger charge is -2.20. The van der Waals surface area contributed by atoms with E-state index in [-0.39, 0.29) is 5.41 Å². The monoisotopic (exact) mass is 579 g/mol. The maximum Gasteiger partial charge on any atom is 0.0901 e. The van der Waals surface area contributed by atoms with Crippen molar-refractivity contribution in [2.45, 2.75) is 19.3 Å². The summed E-state index contributed by atoms with van der Waals surface area (Å²) in [5.41, 5.74) is 12.6. The van der Waals surface area contributed by atoms with Crippen LogP contribution in [0.4, 0.5) is 0 Å². The van der Waals surface area contributed by atoms with E-state index in [9.17, 15) is 0 Å². The van der Waals surface area contributed by atoms with Crippen LogP contribution in [0.1, 0.15) is 25.1 Å². The van der Waals surface area contributed by atoms with Gasteiger partial charge < -0.3 is 9.13 Å². The fourth-order valence-electron chi connectivity index (χ4n) is 7.25. The van der Waals surface area contributed by atoms with Crippen molar-refractivity contribution < 1.29 is 0 Å². The van der Waals surface area contributed by atoms with Gasteiger partial charge >= 0.3 is 0 Å². The quantitative estimate of drug-likeness (QED) is 0.209. The standard InChI is InChI=1S/C40H29N5/c1-40(2)29-17-7-9-21-35(29)45-37(26-24-32(30-18-10-12-22-41-30)43-33(25-26)31-19-11-13-23-42-31)36-28-16-6-8-20-34(28)44(38(36)39(40)45)27-14-4-3-5-15-27/h3-25H,1-2H3. The van der Waals surface area contributed by atoms with Crippen molar-refractivity contribution in [3.05, 3.63) is 151 Å². The number of benzene rings is 3. The van der Waals surface area contributed by atoms with Crippen LogP contribution >= 0.6 is 0 Å². The summed E-state index contributed by atoms with van der Waals surface area (Å²) in [6.07, 6.45) is 3.65. The van der Waals surface area contributed by atoms with Gasteiger partial charge in [0.15, 0.2) is 0 Å². The zero-order valence-electron chi connectivity index (χ0n) is 25.0. The van der Waals surface area contributed by atoms with E-state index in [2.05, 4.69) is 114 Å². The van der Waals surface area contributed by atoms with Gasteiger partial charge in [0.2, 0.25) is 0 Å². The molecular weight excluding hydrogens is 550 g/mol. The Morgan fingerprint density at radius 3 is 1.89 bits per heavy atom. The van der Waals surface area contributed by atoms with Crippen LogP contribution in [0.15, 0.2) is 140 Å². The second-order valence-corrected chi connectivity index (χ2v) is 12.1. The van der Waals surface area contributed by atoms with E-state index in [1.807, 2.05) is 48.8 Å². The highest BCUT2D eigenvalue weighted by Gasteiger charge is 2.42. The molecule has 0 unspecified atom stereocenters. The van der Waals surface area contributed by atoms with E-state index in [4.69, 9.17) is 15.0 Å². The number of pyridine rings is 3. The minimum Gasteiger partial charge on any atom is -0.310 e. The lowest BCUT2D eigenvalue weighted by atomic mass is 9.83. The van der Waals surface area contributed by atoms with Gasteiger partial charge in [-0.3, -0.25) is 9.97 Å². The minimum absolute atomic E-state index is 0.241. The average molecular weight is 580 g/mol. The summed E-state index contributed by atoms with van der Waals surface area (Å²) >= 11 is 0. The molecule has 5 aromatic heterocycles. The highest BCUT2D eigenvalue weighted by molar-refractivity contribution is 6.18. The van der Waals surface area contributed by atoms with E-state index in [1.54, 1.807) is 0 Å². The molecule has 1 aliphatic heterocycles. The number of nitrogens with zero attached hydrogens (tertiary/aromatic N) is 5. The molecule has 0 saturated carbocycles. The highest BCUT2D eigenvalue weighted by atomic mass is 15.1. The van der Waals surface area contributed by atoms with Crippen LogP contribution in [0.2, 0.25) is 0 Å². The molecule has 0 atom stereocenters. The molecule has 0 radical (unpaired) electrons. The largest absolute Gasteiger partial charge is 0.310 e. The average Bonchev–Trinajstić information content (AvgIpc) is 3.69. The van der Waals surface area contributed by atoms with Gasteiger partial charge in [0.1, 0.15) is 0 Å². The van der Waals surface area contributed by atoms with Gasteiger partial charge in [0.05, 0.1) is 50.9 Å². The molecule has 214 valence electrons. The predicted octanol–water partition coefficient (Wildman–Crippen LogP) is 9.40. The number of aromatic nitrogens is 5. The van der Waals surface area contributed by atoms with Crippen molar-refractivity contribution in [1.29, 1.82) is 0 Å². The summed E-state index contributed by atoms with van der Waals surface area (Å²) in [6, 6.07) is 44.7. The third kappa shape index (κ3) is 3.71. The predicted molar refractivity (Wildman–Crippen MR) is 182 cm³/mol. The first kappa shape index (κ1) is 25.7. The molecule has 3 aromatic carbocycles. The van der Waals surface area contributed by atoms with Gasteiger partial charge in [-0.2, -0.15) is 0 Å². The summed E-state index contributed by atoms with van der Waals surface area (Å²) in [4.78, 5) is 14.5. The Bertz CT molecular complexity index is 2330. The van der Waals surface area contributed by atoms with E-state index in [1.165, 1.54) is 38.8 Å². The number of para-hydroxylation sites is 3. The van der Waals surface area contributed by atoms with Gasteiger partial charge in [0, 0.05) is 39.8 Å². The summed E-state index contributed by atoms with van der Waals surface area (Å²) < 4.78 is 4.96. The molecule has 0 fully saturated rings. The van der Waals surface area contributed by atoms with Crippen LogP contribution in [0.5, 0.6) is 0 Å². The van der Waals surface area contributed by atoms with Gasteiger partial charge in [-0.25, -0.2) is 4.98 Å². The maximum absolute atomic E-state index is 5.11. The van der Waals surface area contributed by atoms with Crippen LogP contribution in [0, 0.1) is 0 Å². The Hall–Kier alpha value is -5.81. The summed E-state index contributed by atoms with van der Waals surface area (Å²) in [5, 5.41) is 2.45. The van der Waals surface area contributed by atoms with Crippen molar-refractivity contribution in [1.82, 2.24) is 24.1 Å². The van der Waals surface area contributed by atoms with Crippen molar-refractivity contribution in [2.75, 3.05) is 0 Å². The Kier molecular flexibility index (Phi) is 5.47. The molecule has 9 rings (SSSR count). The molecule has 6 heterocycles. The maximum atomic E-state index is 5.11. The van der Waals surface area contributed by atoms with E-state index < -0.39 is 0 Å². The van der Waals surface area contributed by atoms with Crippen LogP contribution in [-0.2, 0) is 5.41 Å². The van der Waals surface area contributed by atoms with Gasteiger partial charge in [-0.1, -0.05) is 80.6 Å². The first-order chi connectivity index (χ1) is 22.1. The number of fused-ring (bicyclic) bond motifs is 7. The summed E-state index contributed by atoms with van der Waals surface area (Å²) in [5.74, 6) is 0. The first-order valence-corrected chi connectivity index (χ1v) is 15.3. The van der Waals surface area contributed by atoms with Gasteiger partial charge in [-0.05, 0) is 66.2 Å². The molecule has 0 aliphatic carbocycles. The molecule has 8 aromatic rings. The summed E-state index contributed by atoms with van der Waals surface area (Å²) in [6.45, 7) is 4.71. The number of hydrogen-bond donors (Lipinski definition) is 0. The Labute approximate surface area is 261 Å². The van der Waals surface area contributed by atoms with Crippen LogP contribution < -0.4 is 0 Å². The van der Waals surface area contributed by atoms with Crippen molar-refractivity contribution >= 4 is 21.8 Å². The lowest BCUT2D eigenvalue weighted by Crippen LogP contribution is -2.16. The highest BCUT2D eigenvalue weighted by Crippen LogP contribution is 2.54. The molecule has 0 N–H and O–H groups in total. The van der Waals surface area contributed by atoms with E-state index >= 15 is 0 Å². The molecule has 5 nitrogen and oxygen atoms in total. The van der Waals surface area contributed by atoms with Crippen LogP contribution in [0.25, 0.3) is 67.2 Å². The van der Waals surface area contributed by atoms with E-state index in [0.717, 1.165) is 39.7 Å². The molecular formula is C40H29N5. The molecule has 0 spiro atoms. The van der Waals surface area contributed by atoms with Gasteiger partial charge in [-0.15, -0.1) is 0 Å². The van der Waals surface area contributed by atoms with Gasteiger partial charge in [0.25, 0.3) is 0 Å². The Morgan fingerprint density at radius 1 is 0.578 bits per heavy atom. The summed E-state index contributed by atoms with van der Waals surface area (Å²) in [7, 11) is 0. The Balaban J connectivity index is 1.48. The second-order valence-electron chi connectivity index (χ2n) is 12.1. The van der Waals surface area contributed by atoms with Crippen molar-refractivity contribution in [3.8, 4) is 45.4 Å². The number of hydrogen-bond acceptors (Lipinski definition) is 3. The SMILES string of the molecule is CC1(C)c2ccccc2-n2c(-c3cc(-c4ccccn4)nc(-c4ccccn4)c3)c3c4ccccc4n(-c4ccccc4)c3c21. The zero-order chi connectivity index (χ0) is 30.1. The number of rotatable bonds is 4. The first-order valence-electron chi connectivity index (χ1n) is 15.3. The van der Waals surface area contributed by atoms with E-state index in [0.29, 0.717) is 0 Å². The molecule has 45 heavy (non-hydrogen) atoms. The minimum atomic E-state index is -0.241. The van der Waals surface area contributed by atoms with Crippen LogP contribution in [-0.4, -0.2) is 24.1 Å². The van der Waals surface area contributed by atoms with Crippen molar-refractivity contribution in [3.63, 3.8) is 0 Å². The normalized spacial score (nSPS) is 13.3. The van der Waals surface area contributed by atoms with Crippen LogP contribution in [0.3, 0.4) is 0 Å². The third-order valence-corrected chi connectivity index (χ3v) is 9.16. The molecule has 0 amide bonds. The second kappa shape index (κ2) is 9.60. The molecule has 0 bridgehead atoms. The smallest absolute Gasteiger partial charge is 0.0901 e. The molecule has 0 saturated heterocycles.